The second kappa shape index (κ2) is 4.77. The maximum atomic E-state index is 4.81. The summed E-state index contributed by atoms with van der Waals surface area (Å²) in [6.07, 6.45) is 1.93. The van der Waals surface area contributed by atoms with Crippen LogP contribution in [-0.2, 0) is 5.41 Å². The molecule has 0 amide bonds. The zero-order chi connectivity index (χ0) is 18.3. The Labute approximate surface area is 157 Å². The first kappa shape index (κ1) is 15.0. The molecule has 0 unspecified atom stereocenters. The number of pyridine rings is 2. The predicted octanol–water partition coefficient (Wildman–Crippen LogP) is 6.68. The average Bonchev–Trinajstić information content (AvgIpc) is 3.02. The average molecular weight is 348 g/mol. The predicted molar refractivity (Wildman–Crippen MR) is 115 cm³/mol. The molecule has 2 heteroatoms. The second-order valence-electron chi connectivity index (χ2n) is 8.55. The van der Waals surface area contributed by atoms with Crippen LogP contribution in [0.4, 0.5) is 0 Å². The number of aromatic nitrogens is 2. The van der Waals surface area contributed by atoms with Crippen molar-refractivity contribution >= 4 is 49.0 Å². The van der Waals surface area contributed by atoms with Gasteiger partial charge in [0.05, 0.1) is 22.1 Å². The first-order valence-corrected chi connectivity index (χ1v) is 9.50. The highest BCUT2D eigenvalue weighted by atomic mass is 14.9. The zero-order valence-electron chi connectivity index (χ0n) is 15.7. The Morgan fingerprint density at radius 3 is 2.44 bits per heavy atom. The lowest BCUT2D eigenvalue weighted by Crippen LogP contribution is -2.11. The van der Waals surface area contributed by atoms with E-state index in [1.165, 1.54) is 49.0 Å². The van der Waals surface area contributed by atoms with Gasteiger partial charge in [0, 0.05) is 27.7 Å². The van der Waals surface area contributed by atoms with Gasteiger partial charge >= 0.3 is 0 Å². The first-order valence-electron chi connectivity index (χ1n) is 9.50. The molecule has 0 aliphatic carbocycles. The van der Waals surface area contributed by atoms with Gasteiger partial charge in [0.2, 0.25) is 0 Å². The van der Waals surface area contributed by atoms with Gasteiger partial charge in [-0.1, -0.05) is 63.2 Å². The zero-order valence-corrected chi connectivity index (χ0v) is 15.7. The Morgan fingerprint density at radius 2 is 1.59 bits per heavy atom. The molecule has 0 spiro atoms. The number of hydrogen-bond acceptors (Lipinski definition) is 1. The lowest BCUT2D eigenvalue weighted by Gasteiger charge is -2.20. The summed E-state index contributed by atoms with van der Waals surface area (Å²) >= 11 is 0. The Morgan fingerprint density at radius 1 is 0.778 bits per heavy atom. The van der Waals surface area contributed by atoms with Crippen LogP contribution in [0.3, 0.4) is 0 Å². The van der Waals surface area contributed by atoms with E-state index in [1.54, 1.807) is 0 Å². The largest absolute Gasteiger partial charge is 0.308 e. The van der Waals surface area contributed by atoms with Crippen LogP contribution in [0.1, 0.15) is 26.3 Å². The van der Waals surface area contributed by atoms with Gasteiger partial charge in [0.1, 0.15) is 0 Å². The number of rotatable bonds is 0. The molecule has 6 aromatic rings. The van der Waals surface area contributed by atoms with Gasteiger partial charge in [-0.2, -0.15) is 0 Å². The number of fused-ring (bicyclic) bond motifs is 6. The van der Waals surface area contributed by atoms with E-state index in [1.807, 2.05) is 6.20 Å². The third kappa shape index (κ3) is 1.83. The summed E-state index contributed by atoms with van der Waals surface area (Å²) in [6, 6.07) is 22.2. The van der Waals surface area contributed by atoms with E-state index in [4.69, 9.17) is 4.98 Å². The van der Waals surface area contributed by atoms with Crippen LogP contribution < -0.4 is 0 Å². The van der Waals surface area contributed by atoms with Gasteiger partial charge < -0.3 is 4.40 Å². The van der Waals surface area contributed by atoms with E-state index in [2.05, 4.69) is 85.8 Å². The van der Waals surface area contributed by atoms with Crippen molar-refractivity contribution in [2.24, 2.45) is 0 Å². The Hall–Kier alpha value is -3.13. The summed E-state index contributed by atoms with van der Waals surface area (Å²) in [7, 11) is 0. The molecule has 0 atom stereocenters. The van der Waals surface area contributed by atoms with E-state index in [9.17, 15) is 0 Å². The van der Waals surface area contributed by atoms with Crippen LogP contribution in [0, 0.1) is 0 Å². The summed E-state index contributed by atoms with van der Waals surface area (Å²) in [5, 5.41) is 6.34. The molecule has 0 fully saturated rings. The van der Waals surface area contributed by atoms with Gasteiger partial charge in [-0.05, 0) is 34.6 Å². The highest BCUT2D eigenvalue weighted by molar-refractivity contribution is 6.27. The molecule has 0 radical (unpaired) electrons. The molecule has 27 heavy (non-hydrogen) atoms. The quantitative estimate of drug-likeness (QED) is 0.221. The SMILES string of the molecule is CC(C)(C)c1ccc2c3nccc4ccc5c6ccccc6n(c2c1)c5c43. The van der Waals surface area contributed by atoms with Crippen molar-refractivity contribution in [1.29, 1.82) is 0 Å². The van der Waals surface area contributed by atoms with Gasteiger partial charge in [0.15, 0.2) is 0 Å². The van der Waals surface area contributed by atoms with Crippen molar-refractivity contribution in [2.75, 3.05) is 0 Å². The Bertz CT molecular complexity index is 1500. The van der Waals surface area contributed by atoms with E-state index in [0.29, 0.717) is 0 Å². The summed E-state index contributed by atoms with van der Waals surface area (Å²) in [6.45, 7) is 6.81. The third-order valence-electron chi connectivity index (χ3n) is 5.92. The molecule has 3 aromatic heterocycles. The van der Waals surface area contributed by atoms with Crippen molar-refractivity contribution in [3.05, 3.63) is 72.4 Å². The summed E-state index contributed by atoms with van der Waals surface area (Å²) in [4.78, 5) is 4.81. The highest BCUT2D eigenvalue weighted by Gasteiger charge is 2.20. The Kier molecular flexibility index (Phi) is 2.65. The minimum atomic E-state index is 0.105. The van der Waals surface area contributed by atoms with E-state index < -0.39 is 0 Å². The molecule has 3 aromatic carbocycles. The Balaban J connectivity index is 2.02. The highest BCUT2D eigenvalue weighted by Crippen LogP contribution is 2.41. The lowest BCUT2D eigenvalue weighted by atomic mass is 9.86. The number of para-hydroxylation sites is 1. The fourth-order valence-electron chi connectivity index (χ4n) is 4.56. The van der Waals surface area contributed by atoms with Gasteiger partial charge in [0.25, 0.3) is 0 Å². The van der Waals surface area contributed by atoms with Gasteiger partial charge in [-0.3, -0.25) is 4.98 Å². The van der Waals surface area contributed by atoms with Crippen LogP contribution in [0.2, 0.25) is 0 Å². The fraction of sp³-hybridized carbons (Fsp3) is 0.160. The van der Waals surface area contributed by atoms with E-state index >= 15 is 0 Å². The second-order valence-corrected chi connectivity index (χ2v) is 8.55. The third-order valence-corrected chi connectivity index (χ3v) is 5.92. The van der Waals surface area contributed by atoms with Crippen molar-refractivity contribution in [1.82, 2.24) is 9.38 Å². The molecule has 0 aliphatic rings. The normalized spacial score (nSPS) is 13.0. The van der Waals surface area contributed by atoms with Crippen molar-refractivity contribution in [3.8, 4) is 0 Å². The molecule has 0 bridgehead atoms. The number of nitrogens with zero attached hydrogens (tertiary/aromatic N) is 2. The summed E-state index contributed by atoms with van der Waals surface area (Å²) < 4.78 is 2.45. The van der Waals surface area contributed by atoms with Gasteiger partial charge in [-0.15, -0.1) is 0 Å². The monoisotopic (exact) mass is 348 g/mol. The van der Waals surface area contributed by atoms with Crippen LogP contribution in [0.5, 0.6) is 0 Å². The maximum absolute atomic E-state index is 4.81. The fourth-order valence-corrected chi connectivity index (χ4v) is 4.56. The summed E-state index contributed by atoms with van der Waals surface area (Å²) in [5.74, 6) is 0. The molecule has 3 heterocycles. The first-order chi connectivity index (χ1) is 13.0. The number of hydrogen-bond donors (Lipinski definition) is 0. The van der Waals surface area contributed by atoms with Crippen molar-refractivity contribution in [2.45, 2.75) is 26.2 Å². The summed E-state index contributed by atoms with van der Waals surface area (Å²) in [5.41, 5.74) is 6.35. The lowest BCUT2D eigenvalue weighted by molar-refractivity contribution is 0.591. The molecule has 6 rings (SSSR count). The molecule has 0 saturated heterocycles. The van der Waals surface area contributed by atoms with E-state index in [0.717, 1.165) is 5.52 Å². The molecule has 0 N–H and O–H groups in total. The minimum absolute atomic E-state index is 0.105. The van der Waals surface area contributed by atoms with Crippen LogP contribution in [0.25, 0.3) is 49.0 Å². The van der Waals surface area contributed by atoms with Crippen LogP contribution >= 0.6 is 0 Å². The molecular weight excluding hydrogens is 328 g/mol. The molecule has 2 nitrogen and oxygen atoms in total. The smallest absolute Gasteiger partial charge is 0.0822 e. The minimum Gasteiger partial charge on any atom is -0.308 e. The van der Waals surface area contributed by atoms with E-state index in [-0.39, 0.29) is 5.41 Å². The molecule has 0 saturated carbocycles. The number of benzene rings is 3. The maximum Gasteiger partial charge on any atom is 0.0822 e. The molecular formula is C25H20N2. The van der Waals surface area contributed by atoms with Crippen LogP contribution in [0.15, 0.2) is 66.9 Å². The topological polar surface area (TPSA) is 17.3 Å². The van der Waals surface area contributed by atoms with Crippen LogP contribution in [-0.4, -0.2) is 9.38 Å². The molecule has 130 valence electrons. The van der Waals surface area contributed by atoms with Gasteiger partial charge in [-0.25, -0.2) is 0 Å². The molecule has 0 aliphatic heterocycles. The standard InChI is InChI=1S/C25H20N2/c1-25(2,3)16-9-11-19-21(14-16)27-20-7-5-4-6-17(20)18-10-8-15-12-13-26-23(19)22(15)24(18)27/h4-14H,1-3H3. The van der Waals surface area contributed by atoms with Crippen molar-refractivity contribution < 1.29 is 0 Å². The van der Waals surface area contributed by atoms with Crippen molar-refractivity contribution in [3.63, 3.8) is 0 Å².